The quantitative estimate of drug-likeness (QED) is 0.199. The second-order valence-electron chi connectivity index (χ2n) is 10.9. The maximum atomic E-state index is 8.83. The Morgan fingerprint density at radius 1 is 0.395 bits per heavy atom. The number of fused-ring (bicyclic) bond motifs is 6. The zero-order valence-electron chi connectivity index (χ0n) is 28.0. The molecule has 200 valence electrons. The Balaban J connectivity index is 1.38. The molecule has 1 heterocycles. The molecular weight excluding hydrogens is 520 g/mol. The van der Waals surface area contributed by atoms with Crippen molar-refractivity contribution in [2.45, 2.75) is 0 Å². The van der Waals surface area contributed by atoms with Gasteiger partial charge in [0.1, 0.15) is 11.2 Å². The zero-order valence-corrected chi connectivity index (χ0v) is 23.0. The summed E-state index contributed by atoms with van der Waals surface area (Å²) in [6, 6.07) is 41.8. The molecule has 9 aromatic rings. The van der Waals surface area contributed by atoms with Crippen LogP contribution in [0, 0.1) is 0 Å². The van der Waals surface area contributed by atoms with Gasteiger partial charge in [-0.05, 0) is 96.0 Å². The SMILES string of the molecule is [2H]c1c([2H])c([2H])c(-c2cc(-c3c4ccccc4c(-c4ccc5oc6ccccc6c5c4)c4ccccc34)cc3ccccc23)c([2H])c1[2H]. The first-order valence-electron chi connectivity index (χ1n) is 16.9. The predicted octanol–water partition coefficient (Wildman–Crippen LogP) is 12.0. The van der Waals surface area contributed by atoms with Crippen molar-refractivity contribution in [3.05, 3.63) is 158 Å². The summed E-state index contributed by atoms with van der Waals surface area (Å²) in [6.07, 6.45) is 0. The fraction of sp³-hybridized carbons (Fsp3) is 0. The Labute approximate surface area is 256 Å². The van der Waals surface area contributed by atoms with E-state index in [1.165, 1.54) is 0 Å². The second-order valence-corrected chi connectivity index (χ2v) is 10.9. The molecule has 9 rings (SSSR count). The topological polar surface area (TPSA) is 13.1 Å². The average Bonchev–Trinajstić information content (AvgIpc) is 3.50. The molecule has 0 bridgehead atoms. The van der Waals surface area contributed by atoms with Gasteiger partial charge in [-0.3, -0.25) is 0 Å². The molecule has 1 nitrogen and oxygen atoms in total. The van der Waals surface area contributed by atoms with E-state index in [1.807, 2.05) is 48.5 Å². The van der Waals surface area contributed by atoms with E-state index in [0.29, 0.717) is 5.56 Å². The van der Waals surface area contributed by atoms with Crippen LogP contribution in [0.4, 0.5) is 0 Å². The molecule has 0 spiro atoms. The molecule has 0 aliphatic heterocycles. The van der Waals surface area contributed by atoms with Gasteiger partial charge in [0.2, 0.25) is 0 Å². The molecule has 43 heavy (non-hydrogen) atoms. The Hall–Kier alpha value is -5.66. The van der Waals surface area contributed by atoms with Gasteiger partial charge in [-0.15, -0.1) is 0 Å². The molecule has 0 atom stereocenters. The summed E-state index contributed by atoms with van der Waals surface area (Å²) < 4.78 is 48.8. The smallest absolute Gasteiger partial charge is 0.135 e. The van der Waals surface area contributed by atoms with Crippen molar-refractivity contribution in [3.63, 3.8) is 0 Å². The van der Waals surface area contributed by atoms with Gasteiger partial charge in [0.05, 0.1) is 6.85 Å². The van der Waals surface area contributed by atoms with Crippen molar-refractivity contribution in [1.29, 1.82) is 0 Å². The molecule has 0 N–H and O–H groups in total. The van der Waals surface area contributed by atoms with E-state index in [4.69, 9.17) is 11.3 Å². The summed E-state index contributed by atoms with van der Waals surface area (Å²) in [6.45, 7) is 0. The van der Waals surface area contributed by atoms with Gasteiger partial charge in [0, 0.05) is 10.8 Å². The maximum absolute atomic E-state index is 8.83. The van der Waals surface area contributed by atoms with Crippen LogP contribution in [0.15, 0.2) is 162 Å². The first kappa shape index (κ1) is 19.5. The van der Waals surface area contributed by atoms with Crippen LogP contribution in [0.3, 0.4) is 0 Å². The van der Waals surface area contributed by atoms with Crippen molar-refractivity contribution in [2.75, 3.05) is 0 Å². The molecular formula is C42H26O. The van der Waals surface area contributed by atoms with Crippen LogP contribution in [-0.2, 0) is 0 Å². The molecule has 1 aromatic heterocycles. The largest absolute Gasteiger partial charge is 0.456 e. The van der Waals surface area contributed by atoms with Crippen LogP contribution < -0.4 is 0 Å². The van der Waals surface area contributed by atoms with Crippen LogP contribution in [0.25, 0.3) is 87.6 Å². The van der Waals surface area contributed by atoms with Gasteiger partial charge in [0.25, 0.3) is 0 Å². The number of hydrogen-bond acceptors (Lipinski definition) is 1. The van der Waals surface area contributed by atoms with Crippen molar-refractivity contribution in [2.24, 2.45) is 0 Å². The Morgan fingerprint density at radius 3 is 1.65 bits per heavy atom. The lowest BCUT2D eigenvalue weighted by Crippen LogP contribution is -1.92. The number of rotatable bonds is 3. The van der Waals surface area contributed by atoms with Gasteiger partial charge in [-0.2, -0.15) is 0 Å². The minimum absolute atomic E-state index is 0.199. The van der Waals surface area contributed by atoms with Crippen LogP contribution >= 0.6 is 0 Å². The van der Waals surface area contributed by atoms with Crippen molar-refractivity contribution in [1.82, 2.24) is 0 Å². The van der Waals surface area contributed by atoms with Crippen molar-refractivity contribution >= 4 is 54.3 Å². The normalized spacial score (nSPS) is 13.3. The first-order valence-corrected chi connectivity index (χ1v) is 14.4. The highest BCUT2D eigenvalue weighted by molar-refractivity contribution is 6.23. The number of benzene rings is 8. The fourth-order valence-corrected chi connectivity index (χ4v) is 6.68. The zero-order chi connectivity index (χ0) is 32.7. The summed E-state index contributed by atoms with van der Waals surface area (Å²) in [7, 11) is 0. The molecule has 8 aromatic carbocycles. The summed E-state index contributed by atoms with van der Waals surface area (Å²) in [5, 5.41) is 8.20. The second kappa shape index (κ2) is 9.44. The standard InChI is InChI=1S/C42H26O/c1-2-12-27(13-3-1)37-26-30(24-28-14-4-5-15-31(28)37)42-35-19-8-6-17-33(35)41(34-18-7-9-20-36(34)42)29-22-23-40-38(25-29)32-16-10-11-21-39(32)43-40/h1-26H/i1D,2D,3D,12D,13D. The number of hydrogen-bond donors (Lipinski definition) is 0. The van der Waals surface area contributed by atoms with Gasteiger partial charge < -0.3 is 4.42 Å². The summed E-state index contributed by atoms with van der Waals surface area (Å²) in [4.78, 5) is 0. The highest BCUT2D eigenvalue weighted by atomic mass is 16.3. The highest BCUT2D eigenvalue weighted by Gasteiger charge is 2.19. The first-order chi connectivity index (χ1) is 23.4. The van der Waals surface area contributed by atoms with E-state index in [1.54, 1.807) is 0 Å². The molecule has 1 heteroatoms. The molecule has 0 unspecified atom stereocenters. The van der Waals surface area contributed by atoms with Crippen LogP contribution in [0.2, 0.25) is 0 Å². The van der Waals surface area contributed by atoms with E-state index in [-0.39, 0.29) is 29.7 Å². The van der Waals surface area contributed by atoms with Gasteiger partial charge >= 0.3 is 0 Å². The minimum atomic E-state index is -0.400. The predicted molar refractivity (Wildman–Crippen MR) is 183 cm³/mol. The van der Waals surface area contributed by atoms with E-state index in [9.17, 15) is 0 Å². The third-order valence-electron chi connectivity index (χ3n) is 8.52. The van der Waals surface area contributed by atoms with E-state index in [0.717, 1.165) is 76.5 Å². The summed E-state index contributed by atoms with van der Waals surface area (Å²) in [5.41, 5.74) is 6.67. The van der Waals surface area contributed by atoms with E-state index in [2.05, 4.69) is 78.9 Å². The molecule has 0 saturated heterocycles. The van der Waals surface area contributed by atoms with Crippen molar-refractivity contribution in [3.8, 4) is 33.4 Å². The molecule has 0 saturated carbocycles. The lowest BCUT2D eigenvalue weighted by atomic mass is 9.84. The van der Waals surface area contributed by atoms with Crippen LogP contribution in [0.1, 0.15) is 6.85 Å². The van der Waals surface area contributed by atoms with Crippen LogP contribution in [0.5, 0.6) is 0 Å². The van der Waals surface area contributed by atoms with E-state index >= 15 is 0 Å². The number of furan rings is 1. The molecule has 0 amide bonds. The summed E-state index contributed by atoms with van der Waals surface area (Å²) >= 11 is 0. The van der Waals surface area contributed by atoms with Gasteiger partial charge in [-0.25, -0.2) is 0 Å². The Morgan fingerprint density at radius 2 is 0.953 bits per heavy atom. The molecule has 0 aliphatic carbocycles. The number of para-hydroxylation sites is 1. The maximum Gasteiger partial charge on any atom is 0.135 e. The third-order valence-corrected chi connectivity index (χ3v) is 8.52. The van der Waals surface area contributed by atoms with Gasteiger partial charge in [0.15, 0.2) is 0 Å². The molecule has 0 aliphatic rings. The monoisotopic (exact) mass is 551 g/mol. The minimum Gasteiger partial charge on any atom is -0.456 e. The summed E-state index contributed by atoms with van der Waals surface area (Å²) in [5.74, 6) is 0. The Kier molecular flexibility index (Phi) is 4.27. The molecule has 0 radical (unpaired) electrons. The van der Waals surface area contributed by atoms with E-state index < -0.39 is 6.04 Å². The van der Waals surface area contributed by atoms with Crippen molar-refractivity contribution < 1.29 is 11.3 Å². The lowest BCUT2D eigenvalue weighted by molar-refractivity contribution is 0.669. The Bertz CT molecular complexity index is 2710. The fourth-order valence-electron chi connectivity index (χ4n) is 6.68. The highest BCUT2D eigenvalue weighted by Crippen LogP contribution is 2.46. The third kappa shape index (κ3) is 3.72. The van der Waals surface area contributed by atoms with Crippen LogP contribution in [-0.4, -0.2) is 0 Å². The average molecular weight is 552 g/mol. The molecule has 0 fully saturated rings. The lowest BCUT2D eigenvalue weighted by Gasteiger charge is -2.19. The van der Waals surface area contributed by atoms with Gasteiger partial charge in [-0.1, -0.05) is 127 Å².